The molecule has 0 aromatic carbocycles. The minimum absolute atomic E-state index is 0. The van der Waals surface area contributed by atoms with Gasteiger partial charge >= 0.3 is 6.09 Å². The quantitative estimate of drug-likeness (QED) is 0.220. The molecular formula is C15H33IN4O3. The Hall–Kier alpha value is -0.770. The van der Waals surface area contributed by atoms with E-state index in [9.17, 15) is 4.79 Å². The first-order chi connectivity index (χ1) is 10.4. The molecule has 0 aliphatic carbocycles. The molecule has 0 rings (SSSR count). The maximum absolute atomic E-state index is 11.4. The Morgan fingerprint density at radius 2 is 1.65 bits per heavy atom. The van der Waals surface area contributed by atoms with Crippen LogP contribution in [0, 0.1) is 0 Å². The van der Waals surface area contributed by atoms with Crippen molar-refractivity contribution in [3.8, 4) is 0 Å². The SMILES string of the molecule is CCCCOCCNC(=NC)NCCNC(=O)OC(C)(C)C.I. The van der Waals surface area contributed by atoms with Crippen molar-refractivity contribution in [2.45, 2.75) is 46.1 Å². The molecule has 0 radical (unpaired) electrons. The molecule has 0 spiro atoms. The van der Waals surface area contributed by atoms with Gasteiger partial charge in [0, 0.05) is 33.3 Å². The fraction of sp³-hybridized carbons (Fsp3) is 0.867. The third kappa shape index (κ3) is 17.4. The number of carbonyl (C=O) groups is 1. The molecule has 7 nitrogen and oxygen atoms in total. The molecule has 138 valence electrons. The van der Waals surface area contributed by atoms with Gasteiger partial charge in [-0.05, 0) is 27.2 Å². The standard InChI is InChI=1S/C15H32N4O3.HI/c1-6-7-11-21-12-10-18-13(16-5)17-8-9-19-14(20)22-15(2,3)4;/h6-12H2,1-5H3,(H,19,20)(H2,16,17,18);1H. The summed E-state index contributed by atoms with van der Waals surface area (Å²) in [7, 11) is 1.70. The van der Waals surface area contributed by atoms with Gasteiger partial charge in [-0.25, -0.2) is 4.79 Å². The summed E-state index contributed by atoms with van der Waals surface area (Å²) in [6.45, 7) is 10.8. The highest BCUT2D eigenvalue weighted by molar-refractivity contribution is 14.0. The minimum Gasteiger partial charge on any atom is -0.444 e. The van der Waals surface area contributed by atoms with Crippen LogP contribution in [0.15, 0.2) is 4.99 Å². The maximum Gasteiger partial charge on any atom is 0.407 e. The lowest BCUT2D eigenvalue weighted by molar-refractivity contribution is 0.0529. The topological polar surface area (TPSA) is 84.0 Å². The highest BCUT2D eigenvalue weighted by Crippen LogP contribution is 2.05. The molecular weight excluding hydrogens is 411 g/mol. The van der Waals surface area contributed by atoms with Crippen LogP contribution in [-0.4, -0.2) is 57.5 Å². The number of unbranched alkanes of at least 4 members (excludes halogenated alkanes) is 1. The van der Waals surface area contributed by atoms with Gasteiger partial charge in [0.15, 0.2) is 5.96 Å². The number of nitrogens with one attached hydrogen (secondary N) is 3. The third-order valence-electron chi connectivity index (χ3n) is 2.49. The van der Waals surface area contributed by atoms with Crippen LogP contribution in [0.25, 0.3) is 0 Å². The molecule has 23 heavy (non-hydrogen) atoms. The van der Waals surface area contributed by atoms with Gasteiger partial charge in [0.05, 0.1) is 6.61 Å². The molecule has 8 heteroatoms. The predicted molar refractivity (Wildman–Crippen MR) is 105 cm³/mol. The monoisotopic (exact) mass is 444 g/mol. The number of hydrogen-bond acceptors (Lipinski definition) is 4. The van der Waals surface area contributed by atoms with Gasteiger partial charge in [-0.15, -0.1) is 24.0 Å². The lowest BCUT2D eigenvalue weighted by atomic mass is 10.2. The van der Waals surface area contributed by atoms with Crippen LogP contribution in [0.2, 0.25) is 0 Å². The Balaban J connectivity index is 0. The number of guanidine groups is 1. The Morgan fingerprint density at radius 1 is 1.04 bits per heavy atom. The lowest BCUT2D eigenvalue weighted by Gasteiger charge is -2.19. The first-order valence-corrected chi connectivity index (χ1v) is 7.88. The van der Waals surface area contributed by atoms with Gasteiger partial charge in [0.2, 0.25) is 0 Å². The van der Waals surface area contributed by atoms with Crippen molar-refractivity contribution in [2.24, 2.45) is 4.99 Å². The second kappa shape index (κ2) is 14.8. The Morgan fingerprint density at radius 3 is 2.22 bits per heavy atom. The smallest absolute Gasteiger partial charge is 0.407 e. The number of aliphatic imine (C=N–C) groups is 1. The molecule has 0 aromatic heterocycles. The average Bonchev–Trinajstić information content (AvgIpc) is 2.43. The van der Waals surface area contributed by atoms with E-state index in [1.54, 1.807) is 7.05 Å². The van der Waals surface area contributed by atoms with Crippen LogP contribution >= 0.6 is 24.0 Å². The molecule has 0 aromatic rings. The predicted octanol–water partition coefficient (Wildman–Crippen LogP) is 2.11. The van der Waals surface area contributed by atoms with Crippen molar-refractivity contribution in [3.63, 3.8) is 0 Å². The summed E-state index contributed by atoms with van der Waals surface area (Å²) in [6, 6.07) is 0. The zero-order valence-corrected chi connectivity index (χ0v) is 17.4. The van der Waals surface area contributed by atoms with Crippen LogP contribution in [0.3, 0.4) is 0 Å². The van der Waals surface area contributed by atoms with Gasteiger partial charge in [0.25, 0.3) is 0 Å². The first kappa shape index (κ1) is 24.5. The summed E-state index contributed by atoms with van der Waals surface area (Å²) >= 11 is 0. The number of hydrogen-bond donors (Lipinski definition) is 3. The molecule has 0 heterocycles. The normalized spacial score (nSPS) is 11.4. The van der Waals surface area contributed by atoms with Crippen LogP contribution in [0.4, 0.5) is 4.79 Å². The maximum atomic E-state index is 11.4. The molecule has 0 saturated carbocycles. The molecule has 0 unspecified atom stereocenters. The van der Waals surface area contributed by atoms with E-state index in [1.165, 1.54) is 0 Å². The van der Waals surface area contributed by atoms with Gasteiger partial charge in [-0.1, -0.05) is 13.3 Å². The second-order valence-electron chi connectivity index (χ2n) is 5.82. The number of alkyl carbamates (subject to hydrolysis) is 1. The van der Waals surface area contributed by atoms with E-state index in [4.69, 9.17) is 9.47 Å². The molecule has 1 amide bonds. The van der Waals surface area contributed by atoms with Crippen molar-refractivity contribution in [1.29, 1.82) is 0 Å². The Kier molecular flexibility index (Phi) is 15.8. The van der Waals surface area contributed by atoms with Crippen molar-refractivity contribution in [1.82, 2.24) is 16.0 Å². The van der Waals surface area contributed by atoms with E-state index < -0.39 is 11.7 Å². The highest BCUT2D eigenvalue weighted by Gasteiger charge is 2.15. The van der Waals surface area contributed by atoms with Crippen LogP contribution < -0.4 is 16.0 Å². The van der Waals surface area contributed by atoms with Crippen molar-refractivity contribution in [2.75, 3.05) is 39.9 Å². The number of amides is 1. The number of halogens is 1. The summed E-state index contributed by atoms with van der Waals surface area (Å²) in [5.74, 6) is 0.685. The zero-order chi connectivity index (χ0) is 16.8. The number of ether oxygens (including phenoxy) is 2. The molecule has 0 fully saturated rings. The molecule has 0 aliphatic rings. The van der Waals surface area contributed by atoms with Gasteiger partial charge in [-0.3, -0.25) is 4.99 Å². The molecule has 0 bridgehead atoms. The van der Waals surface area contributed by atoms with Gasteiger partial charge < -0.3 is 25.4 Å². The van der Waals surface area contributed by atoms with E-state index in [0.29, 0.717) is 32.2 Å². The first-order valence-electron chi connectivity index (χ1n) is 7.88. The molecule has 0 saturated heterocycles. The van der Waals surface area contributed by atoms with Crippen molar-refractivity contribution < 1.29 is 14.3 Å². The fourth-order valence-corrected chi connectivity index (χ4v) is 1.47. The number of nitrogens with zero attached hydrogens (tertiary/aromatic N) is 1. The summed E-state index contributed by atoms with van der Waals surface area (Å²) in [5.41, 5.74) is -0.479. The van der Waals surface area contributed by atoms with E-state index in [2.05, 4.69) is 27.9 Å². The van der Waals surface area contributed by atoms with Gasteiger partial charge in [0.1, 0.15) is 5.60 Å². The third-order valence-corrected chi connectivity index (χ3v) is 2.49. The Bertz CT molecular complexity index is 333. The van der Waals surface area contributed by atoms with Crippen LogP contribution in [-0.2, 0) is 9.47 Å². The fourth-order valence-electron chi connectivity index (χ4n) is 1.47. The summed E-state index contributed by atoms with van der Waals surface area (Å²) in [4.78, 5) is 15.5. The van der Waals surface area contributed by atoms with E-state index in [-0.39, 0.29) is 24.0 Å². The average molecular weight is 444 g/mol. The molecule has 0 atom stereocenters. The van der Waals surface area contributed by atoms with Crippen molar-refractivity contribution >= 4 is 36.0 Å². The van der Waals surface area contributed by atoms with Crippen LogP contribution in [0.1, 0.15) is 40.5 Å². The summed E-state index contributed by atoms with van der Waals surface area (Å²) in [6.07, 6.45) is 1.81. The van der Waals surface area contributed by atoms with E-state index in [0.717, 1.165) is 19.4 Å². The number of rotatable bonds is 9. The number of carbonyl (C=O) groups excluding carboxylic acids is 1. The van der Waals surface area contributed by atoms with Gasteiger partial charge in [-0.2, -0.15) is 0 Å². The molecule has 3 N–H and O–H groups in total. The minimum atomic E-state index is -0.479. The lowest BCUT2D eigenvalue weighted by Crippen LogP contribution is -2.43. The highest BCUT2D eigenvalue weighted by atomic mass is 127. The van der Waals surface area contributed by atoms with Crippen molar-refractivity contribution in [3.05, 3.63) is 0 Å². The van der Waals surface area contributed by atoms with Crippen LogP contribution in [0.5, 0.6) is 0 Å². The summed E-state index contributed by atoms with van der Waals surface area (Å²) in [5, 5.41) is 8.92. The molecule has 0 aliphatic heterocycles. The Labute approximate surface area is 157 Å². The largest absolute Gasteiger partial charge is 0.444 e. The van der Waals surface area contributed by atoms with E-state index >= 15 is 0 Å². The zero-order valence-electron chi connectivity index (χ0n) is 15.0. The summed E-state index contributed by atoms with van der Waals surface area (Å²) < 4.78 is 10.6. The second-order valence-corrected chi connectivity index (χ2v) is 5.82. The van der Waals surface area contributed by atoms with E-state index in [1.807, 2.05) is 20.8 Å².